The first kappa shape index (κ1) is 18.0. The van der Waals surface area contributed by atoms with Crippen molar-refractivity contribution < 1.29 is 9.53 Å². The molecule has 3 heteroatoms. The summed E-state index contributed by atoms with van der Waals surface area (Å²) in [6.07, 6.45) is 3.20. The Morgan fingerprint density at radius 1 is 0.962 bits per heavy atom. The number of benzene rings is 3. The first-order chi connectivity index (χ1) is 12.8. The number of amides is 1. The number of aryl methyl sites for hydroxylation is 1. The number of hydrogen-bond acceptors (Lipinski definition) is 2. The molecule has 0 saturated heterocycles. The molecule has 0 radical (unpaired) electrons. The van der Waals surface area contributed by atoms with Crippen molar-refractivity contribution in [1.29, 1.82) is 0 Å². The van der Waals surface area contributed by atoms with Crippen LogP contribution in [-0.2, 0) is 17.6 Å². The minimum Gasteiger partial charge on any atom is -0.497 e. The summed E-state index contributed by atoms with van der Waals surface area (Å²) in [4.78, 5) is 12.1. The van der Waals surface area contributed by atoms with Gasteiger partial charge < -0.3 is 10.1 Å². The quantitative estimate of drug-likeness (QED) is 0.650. The Kier molecular flexibility index (Phi) is 6.26. The normalized spacial score (nSPS) is 10.7. The molecular formula is C23H25NO2. The summed E-state index contributed by atoms with van der Waals surface area (Å²) in [6.45, 7) is 0.653. The third kappa shape index (κ3) is 4.85. The number of nitrogens with one attached hydrogen (secondary N) is 1. The van der Waals surface area contributed by atoms with Crippen LogP contribution in [0.4, 0.5) is 0 Å². The summed E-state index contributed by atoms with van der Waals surface area (Å²) >= 11 is 0. The number of methoxy groups -OCH3 is 1. The van der Waals surface area contributed by atoms with Crippen molar-refractivity contribution in [3.05, 3.63) is 77.9 Å². The highest BCUT2D eigenvalue weighted by atomic mass is 16.5. The second-order valence-corrected chi connectivity index (χ2v) is 6.44. The lowest BCUT2D eigenvalue weighted by atomic mass is 10.0. The molecule has 0 aliphatic heterocycles. The summed E-state index contributed by atoms with van der Waals surface area (Å²) in [7, 11) is 1.68. The van der Waals surface area contributed by atoms with Gasteiger partial charge in [-0.2, -0.15) is 0 Å². The Morgan fingerprint density at radius 3 is 2.62 bits per heavy atom. The maximum atomic E-state index is 12.1. The summed E-state index contributed by atoms with van der Waals surface area (Å²) < 4.78 is 5.33. The molecule has 3 aromatic rings. The number of carbonyl (C=O) groups is 1. The van der Waals surface area contributed by atoms with Crippen molar-refractivity contribution >= 4 is 16.7 Å². The van der Waals surface area contributed by atoms with E-state index in [1.165, 1.54) is 21.9 Å². The molecule has 3 aromatic carbocycles. The van der Waals surface area contributed by atoms with Crippen LogP contribution in [0.2, 0.25) is 0 Å². The van der Waals surface area contributed by atoms with E-state index >= 15 is 0 Å². The smallest absolute Gasteiger partial charge is 0.220 e. The van der Waals surface area contributed by atoms with Crippen LogP contribution in [0, 0.1) is 0 Å². The summed E-state index contributed by atoms with van der Waals surface area (Å²) in [5.74, 6) is 0.980. The van der Waals surface area contributed by atoms with Crippen LogP contribution in [-0.4, -0.2) is 19.6 Å². The Bertz CT molecular complexity index is 858. The van der Waals surface area contributed by atoms with E-state index in [2.05, 4.69) is 47.8 Å². The fraction of sp³-hybridized carbons (Fsp3) is 0.261. The van der Waals surface area contributed by atoms with E-state index in [0.717, 1.165) is 25.0 Å². The van der Waals surface area contributed by atoms with Crippen LogP contribution in [0.3, 0.4) is 0 Å². The van der Waals surface area contributed by atoms with E-state index in [1.54, 1.807) is 7.11 Å². The largest absolute Gasteiger partial charge is 0.497 e. The third-order valence-electron chi connectivity index (χ3n) is 4.61. The highest BCUT2D eigenvalue weighted by Gasteiger charge is 2.05. The van der Waals surface area contributed by atoms with Crippen molar-refractivity contribution in [2.75, 3.05) is 13.7 Å². The predicted octanol–water partition coefficient (Wildman–Crippen LogP) is 4.53. The van der Waals surface area contributed by atoms with Gasteiger partial charge in [0.05, 0.1) is 7.11 Å². The molecule has 0 spiro atoms. The monoisotopic (exact) mass is 347 g/mol. The molecule has 0 bridgehead atoms. The second kappa shape index (κ2) is 9.04. The SMILES string of the molecule is COc1ccc2cccc(CCNC(=O)CCCc3ccccc3)c2c1. The molecule has 0 aliphatic rings. The number of fused-ring (bicyclic) bond motifs is 1. The Balaban J connectivity index is 1.48. The average Bonchev–Trinajstić information content (AvgIpc) is 2.68. The zero-order chi connectivity index (χ0) is 18.2. The third-order valence-corrected chi connectivity index (χ3v) is 4.61. The summed E-state index contributed by atoms with van der Waals surface area (Å²) in [5, 5.41) is 5.42. The van der Waals surface area contributed by atoms with Gasteiger partial charge in [0.1, 0.15) is 5.75 Å². The van der Waals surface area contributed by atoms with E-state index < -0.39 is 0 Å². The lowest BCUT2D eigenvalue weighted by Gasteiger charge is -2.09. The molecule has 0 heterocycles. The number of hydrogen-bond donors (Lipinski definition) is 1. The summed E-state index contributed by atoms with van der Waals surface area (Å²) in [5.41, 5.74) is 2.51. The predicted molar refractivity (Wildman–Crippen MR) is 107 cm³/mol. The topological polar surface area (TPSA) is 38.3 Å². The van der Waals surface area contributed by atoms with Crippen LogP contribution >= 0.6 is 0 Å². The molecular weight excluding hydrogens is 322 g/mol. The molecule has 3 nitrogen and oxygen atoms in total. The molecule has 0 unspecified atom stereocenters. The Morgan fingerprint density at radius 2 is 1.81 bits per heavy atom. The van der Waals surface area contributed by atoms with Crippen molar-refractivity contribution in [2.45, 2.75) is 25.7 Å². The fourth-order valence-electron chi connectivity index (χ4n) is 3.18. The molecule has 134 valence electrons. The van der Waals surface area contributed by atoms with Crippen molar-refractivity contribution in [3.63, 3.8) is 0 Å². The van der Waals surface area contributed by atoms with E-state index in [1.807, 2.05) is 24.3 Å². The minimum atomic E-state index is 0.124. The number of carbonyl (C=O) groups excluding carboxylic acids is 1. The van der Waals surface area contributed by atoms with Crippen LogP contribution in [0.25, 0.3) is 10.8 Å². The number of ether oxygens (including phenoxy) is 1. The van der Waals surface area contributed by atoms with Gasteiger partial charge in [-0.15, -0.1) is 0 Å². The van der Waals surface area contributed by atoms with Crippen molar-refractivity contribution in [1.82, 2.24) is 5.32 Å². The van der Waals surface area contributed by atoms with Crippen LogP contribution in [0.1, 0.15) is 24.0 Å². The Labute approximate surface area is 155 Å². The number of rotatable bonds is 8. The lowest BCUT2D eigenvalue weighted by Crippen LogP contribution is -2.25. The molecule has 3 rings (SSSR count). The molecule has 1 amide bonds. The van der Waals surface area contributed by atoms with E-state index in [4.69, 9.17) is 4.74 Å². The maximum absolute atomic E-state index is 12.1. The van der Waals surface area contributed by atoms with Gasteiger partial charge in [0.15, 0.2) is 0 Å². The zero-order valence-electron chi connectivity index (χ0n) is 15.2. The van der Waals surface area contributed by atoms with Gasteiger partial charge in [-0.05, 0) is 53.3 Å². The first-order valence-electron chi connectivity index (χ1n) is 9.12. The van der Waals surface area contributed by atoms with Gasteiger partial charge in [0, 0.05) is 13.0 Å². The highest BCUT2D eigenvalue weighted by molar-refractivity contribution is 5.87. The van der Waals surface area contributed by atoms with E-state index in [0.29, 0.717) is 13.0 Å². The zero-order valence-corrected chi connectivity index (χ0v) is 15.2. The van der Waals surface area contributed by atoms with E-state index in [9.17, 15) is 4.79 Å². The van der Waals surface area contributed by atoms with Gasteiger partial charge in [-0.25, -0.2) is 0 Å². The van der Waals surface area contributed by atoms with Crippen molar-refractivity contribution in [3.8, 4) is 5.75 Å². The molecule has 0 saturated carbocycles. The van der Waals surface area contributed by atoms with Gasteiger partial charge in [0.25, 0.3) is 0 Å². The Hall–Kier alpha value is -2.81. The molecule has 0 aromatic heterocycles. The van der Waals surface area contributed by atoms with Gasteiger partial charge in [0.2, 0.25) is 5.91 Å². The average molecular weight is 347 g/mol. The second-order valence-electron chi connectivity index (χ2n) is 6.44. The maximum Gasteiger partial charge on any atom is 0.220 e. The standard InChI is InChI=1S/C23H25NO2/c1-26-21-14-13-19-10-6-11-20(22(19)17-21)15-16-24-23(25)12-5-9-18-7-3-2-4-8-18/h2-4,6-8,10-11,13-14,17H,5,9,12,15-16H2,1H3,(H,24,25). The molecule has 0 atom stereocenters. The van der Waals surface area contributed by atoms with Crippen LogP contribution < -0.4 is 10.1 Å². The highest BCUT2D eigenvalue weighted by Crippen LogP contribution is 2.24. The van der Waals surface area contributed by atoms with Gasteiger partial charge >= 0.3 is 0 Å². The summed E-state index contributed by atoms with van der Waals surface area (Å²) in [6, 6.07) is 22.7. The van der Waals surface area contributed by atoms with Gasteiger partial charge in [-0.1, -0.05) is 54.6 Å². The van der Waals surface area contributed by atoms with E-state index in [-0.39, 0.29) is 5.91 Å². The minimum absolute atomic E-state index is 0.124. The van der Waals surface area contributed by atoms with Gasteiger partial charge in [-0.3, -0.25) is 4.79 Å². The van der Waals surface area contributed by atoms with Crippen LogP contribution in [0.5, 0.6) is 5.75 Å². The molecule has 0 fully saturated rings. The molecule has 1 N–H and O–H groups in total. The fourth-order valence-corrected chi connectivity index (χ4v) is 3.18. The first-order valence-corrected chi connectivity index (χ1v) is 9.12. The molecule has 0 aliphatic carbocycles. The van der Waals surface area contributed by atoms with Crippen molar-refractivity contribution in [2.24, 2.45) is 0 Å². The van der Waals surface area contributed by atoms with Crippen LogP contribution in [0.15, 0.2) is 66.7 Å². The molecule has 26 heavy (non-hydrogen) atoms. The lowest BCUT2D eigenvalue weighted by molar-refractivity contribution is -0.121.